The second-order valence-corrected chi connectivity index (χ2v) is 4.25. The maximum absolute atomic E-state index is 12.2. The number of aryl methyl sites for hydroxylation is 1. The lowest BCUT2D eigenvalue weighted by Crippen LogP contribution is -2.15. The van der Waals surface area contributed by atoms with Crippen LogP contribution in [-0.4, -0.2) is 38.2 Å². The van der Waals surface area contributed by atoms with Crippen LogP contribution in [0.4, 0.5) is 0 Å². The minimum absolute atomic E-state index is 0.222. The molecular weight excluding hydrogens is 264 g/mol. The van der Waals surface area contributed by atoms with Crippen molar-refractivity contribution in [2.75, 3.05) is 7.11 Å². The first kappa shape index (κ1) is 12.2. The van der Waals surface area contributed by atoms with Crippen molar-refractivity contribution < 1.29 is 14.6 Å². The molecule has 0 saturated heterocycles. The Morgan fingerprint density at radius 1 is 1.50 bits per heavy atom. The van der Waals surface area contributed by atoms with Gasteiger partial charge in [0.25, 0.3) is 0 Å². The molecule has 1 aromatic carbocycles. The summed E-state index contributed by atoms with van der Waals surface area (Å²) in [7, 11) is 3.13. The highest BCUT2D eigenvalue weighted by Crippen LogP contribution is 2.28. The smallest absolute Gasteiger partial charge is 0.341 e. The largest absolute Gasteiger partial charge is 0.494 e. The summed E-state index contributed by atoms with van der Waals surface area (Å²) in [6.07, 6.45) is 1.17. The standard InChI is InChI=1S/C12H10N4O4/c1-16-10-8-5(3-7(20-2)9(10)14-15-16)11(17)6(4-13-8)12(18)19/h3-4H,1-2H3,(H,13,17)(H,18,19). The van der Waals surface area contributed by atoms with Crippen molar-refractivity contribution in [3.8, 4) is 5.75 Å². The molecular formula is C12H10N4O4. The van der Waals surface area contributed by atoms with E-state index in [0.29, 0.717) is 22.3 Å². The van der Waals surface area contributed by atoms with Gasteiger partial charge in [-0.05, 0) is 6.07 Å². The number of carboxylic acids is 1. The first-order valence-corrected chi connectivity index (χ1v) is 5.69. The van der Waals surface area contributed by atoms with Crippen LogP contribution in [0.5, 0.6) is 5.75 Å². The van der Waals surface area contributed by atoms with Crippen molar-refractivity contribution in [2.24, 2.45) is 7.05 Å². The van der Waals surface area contributed by atoms with Gasteiger partial charge in [0.2, 0.25) is 5.43 Å². The molecule has 8 nitrogen and oxygen atoms in total. The third-order valence-electron chi connectivity index (χ3n) is 3.14. The third-order valence-corrected chi connectivity index (χ3v) is 3.14. The molecule has 3 aromatic rings. The monoisotopic (exact) mass is 274 g/mol. The zero-order valence-corrected chi connectivity index (χ0v) is 10.7. The van der Waals surface area contributed by atoms with Gasteiger partial charge in [-0.25, -0.2) is 9.48 Å². The van der Waals surface area contributed by atoms with Crippen molar-refractivity contribution in [2.45, 2.75) is 0 Å². The van der Waals surface area contributed by atoms with Gasteiger partial charge in [-0.2, -0.15) is 0 Å². The van der Waals surface area contributed by atoms with Gasteiger partial charge in [-0.3, -0.25) is 4.79 Å². The molecule has 0 fully saturated rings. The van der Waals surface area contributed by atoms with E-state index in [9.17, 15) is 9.59 Å². The van der Waals surface area contributed by atoms with Crippen molar-refractivity contribution in [1.82, 2.24) is 20.0 Å². The van der Waals surface area contributed by atoms with Crippen LogP contribution >= 0.6 is 0 Å². The molecule has 3 rings (SSSR count). The molecule has 0 bridgehead atoms. The highest BCUT2D eigenvalue weighted by molar-refractivity contribution is 6.06. The van der Waals surface area contributed by atoms with Crippen molar-refractivity contribution in [1.29, 1.82) is 0 Å². The molecule has 0 aliphatic carbocycles. The molecule has 0 spiro atoms. The van der Waals surface area contributed by atoms with E-state index in [1.54, 1.807) is 7.05 Å². The van der Waals surface area contributed by atoms with Crippen LogP contribution in [-0.2, 0) is 7.05 Å². The van der Waals surface area contributed by atoms with Crippen LogP contribution in [0.2, 0.25) is 0 Å². The van der Waals surface area contributed by atoms with E-state index in [2.05, 4.69) is 15.3 Å². The number of nitrogens with one attached hydrogen (secondary N) is 1. The molecule has 0 amide bonds. The number of benzene rings is 1. The first-order valence-electron chi connectivity index (χ1n) is 5.69. The van der Waals surface area contributed by atoms with Crippen LogP contribution in [0.3, 0.4) is 0 Å². The number of ether oxygens (including phenoxy) is 1. The molecule has 0 unspecified atom stereocenters. The molecule has 102 valence electrons. The Labute approximate surface area is 111 Å². The van der Waals surface area contributed by atoms with Gasteiger partial charge in [0.1, 0.15) is 16.8 Å². The van der Waals surface area contributed by atoms with Crippen LogP contribution in [0.25, 0.3) is 21.9 Å². The molecule has 20 heavy (non-hydrogen) atoms. The number of hydrogen-bond donors (Lipinski definition) is 2. The van der Waals surface area contributed by atoms with Crippen molar-refractivity contribution in [3.05, 3.63) is 28.0 Å². The second-order valence-electron chi connectivity index (χ2n) is 4.25. The van der Waals surface area contributed by atoms with E-state index >= 15 is 0 Å². The van der Waals surface area contributed by atoms with E-state index in [1.165, 1.54) is 24.1 Å². The van der Waals surface area contributed by atoms with Crippen LogP contribution < -0.4 is 10.2 Å². The molecule has 8 heteroatoms. The van der Waals surface area contributed by atoms with E-state index < -0.39 is 11.4 Å². The summed E-state index contributed by atoms with van der Waals surface area (Å²) in [6, 6.07) is 1.47. The van der Waals surface area contributed by atoms with Crippen molar-refractivity contribution in [3.63, 3.8) is 0 Å². The van der Waals surface area contributed by atoms with Crippen LogP contribution in [0.15, 0.2) is 17.1 Å². The number of carboxylic acid groups (broad SMARTS) is 1. The van der Waals surface area contributed by atoms with E-state index in [-0.39, 0.29) is 10.9 Å². The number of carbonyl (C=O) groups is 1. The number of aromatic nitrogens is 4. The number of aromatic amines is 1. The Morgan fingerprint density at radius 3 is 2.90 bits per heavy atom. The minimum atomic E-state index is -1.28. The van der Waals surface area contributed by atoms with E-state index in [0.717, 1.165) is 0 Å². The summed E-state index contributed by atoms with van der Waals surface area (Å²) in [5, 5.41) is 17.1. The molecule has 2 heterocycles. The first-order chi connectivity index (χ1) is 9.54. The van der Waals surface area contributed by atoms with E-state index in [4.69, 9.17) is 9.84 Å². The minimum Gasteiger partial charge on any atom is -0.494 e. The maximum atomic E-state index is 12.2. The SMILES string of the molecule is COc1cc2c(=O)c(C(=O)O)c[nH]c2c2c1nnn2C. The van der Waals surface area contributed by atoms with Gasteiger partial charge in [-0.15, -0.1) is 5.10 Å². The Hall–Kier alpha value is -2.90. The zero-order chi connectivity index (χ0) is 14.4. The van der Waals surface area contributed by atoms with Gasteiger partial charge in [0.05, 0.1) is 18.0 Å². The molecule has 2 N–H and O–H groups in total. The Morgan fingerprint density at radius 2 is 2.25 bits per heavy atom. The molecule has 0 saturated carbocycles. The zero-order valence-electron chi connectivity index (χ0n) is 10.7. The summed E-state index contributed by atoms with van der Waals surface area (Å²) in [4.78, 5) is 26.1. The molecule has 0 aliphatic rings. The molecule has 2 aromatic heterocycles. The third kappa shape index (κ3) is 1.48. The fourth-order valence-corrected chi connectivity index (χ4v) is 2.20. The van der Waals surface area contributed by atoms with Gasteiger partial charge in [0, 0.05) is 13.2 Å². The fraction of sp³-hybridized carbons (Fsp3) is 0.167. The number of nitrogens with zero attached hydrogens (tertiary/aromatic N) is 3. The Kier molecular flexibility index (Phi) is 2.46. The average Bonchev–Trinajstić information content (AvgIpc) is 2.81. The van der Waals surface area contributed by atoms with Crippen molar-refractivity contribution >= 4 is 27.9 Å². The number of hydrogen-bond acceptors (Lipinski definition) is 5. The Bertz CT molecular complexity index is 909. The average molecular weight is 274 g/mol. The van der Waals surface area contributed by atoms with Gasteiger partial charge < -0.3 is 14.8 Å². The number of H-pyrrole nitrogens is 1. The number of pyridine rings is 1. The van der Waals surface area contributed by atoms with Crippen LogP contribution in [0, 0.1) is 0 Å². The van der Waals surface area contributed by atoms with Crippen LogP contribution in [0.1, 0.15) is 10.4 Å². The summed E-state index contributed by atoms with van der Waals surface area (Å²) in [5.41, 5.74) is 0.652. The summed E-state index contributed by atoms with van der Waals surface area (Å²) < 4.78 is 6.68. The highest BCUT2D eigenvalue weighted by atomic mass is 16.5. The lowest BCUT2D eigenvalue weighted by atomic mass is 10.1. The fourth-order valence-electron chi connectivity index (χ4n) is 2.20. The molecule has 0 aliphatic heterocycles. The summed E-state index contributed by atoms with van der Waals surface area (Å²) in [6.45, 7) is 0. The maximum Gasteiger partial charge on any atom is 0.341 e. The van der Waals surface area contributed by atoms with Gasteiger partial charge in [-0.1, -0.05) is 5.21 Å². The topological polar surface area (TPSA) is 110 Å². The predicted octanol–water partition coefficient (Wildman–Crippen LogP) is 0.517. The lowest BCUT2D eigenvalue weighted by Gasteiger charge is -2.06. The second kappa shape index (κ2) is 4.05. The highest BCUT2D eigenvalue weighted by Gasteiger charge is 2.18. The predicted molar refractivity (Wildman–Crippen MR) is 70.1 cm³/mol. The number of fused-ring (bicyclic) bond motifs is 3. The Balaban J connectivity index is 2.58. The summed E-state index contributed by atoms with van der Waals surface area (Å²) in [5.74, 6) is -0.913. The molecule has 0 atom stereocenters. The number of rotatable bonds is 2. The summed E-state index contributed by atoms with van der Waals surface area (Å²) >= 11 is 0. The normalized spacial score (nSPS) is 11.1. The number of methoxy groups -OCH3 is 1. The number of aromatic carboxylic acids is 1. The van der Waals surface area contributed by atoms with Gasteiger partial charge in [0.15, 0.2) is 5.52 Å². The molecule has 0 radical (unpaired) electrons. The van der Waals surface area contributed by atoms with E-state index in [1.807, 2.05) is 0 Å². The quantitative estimate of drug-likeness (QED) is 0.704. The lowest BCUT2D eigenvalue weighted by molar-refractivity contribution is 0.0695. The van der Waals surface area contributed by atoms with Gasteiger partial charge >= 0.3 is 5.97 Å².